The maximum Gasteiger partial charge on any atom is 0.258 e. The van der Waals surface area contributed by atoms with Crippen molar-refractivity contribution in [3.05, 3.63) is 28.8 Å². The molecule has 0 saturated carbocycles. The van der Waals surface area contributed by atoms with Crippen molar-refractivity contribution in [3.63, 3.8) is 0 Å². The minimum atomic E-state index is -0.638. The molecule has 3 rings (SSSR count). The number of benzene rings is 1. The molecule has 3 amide bonds. The smallest absolute Gasteiger partial charge is 0.258 e. The van der Waals surface area contributed by atoms with E-state index in [1.807, 2.05) is 4.90 Å². The molecule has 0 spiro atoms. The topological polar surface area (TPSA) is 76.6 Å². The SMILES string of the molecule is CCN1CCN(CC(=O)N2CCCCOc3ccc(Cl)cc3C(=O)N(C)[C@@H](C)C(=O)N(C)CCCC2)CC1. The highest BCUT2D eigenvalue weighted by Gasteiger charge is 2.28. The van der Waals surface area contributed by atoms with Crippen molar-refractivity contribution in [2.75, 3.05) is 79.6 Å². The average molecular weight is 550 g/mol. The Bertz CT molecular complexity index is 953. The van der Waals surface area contributed by atoms with E-state index in [4.69, 9.17) is 16.3 Å². The molecule has 1 atom stereocenters. The molecule has 2 heterocycles. The number of hydrogen-bond donors (Lipinski definition) is 0. The van der Waals surface area contributed by atoms with Crippen LogP contribution in [0.5, 0.6) is 5.75 Å². The normalized spacial score (nSPS) is 22.1. The van der Waals surface area contributed by atoms with Crippen LogP contribution in [-0.2, 0) is 9.59 Å². The van der Waals surface area contributed by atoms with Gasteiger partial charge < -0.3 is 24.3 Å². The Hall–Kier alpha value is -2.36. The van der Waals surface area contributed by atoms with E-state index >= 15 is 0 Å². The van der Waals surface area contributed by atoms with Crippen molar-refractivity contribution in [2.45, 2.75) is 45.6 Å². The molecule has 0 bridgehead atoms. The van der Waals surface area contributed by atoms with Gasteiger partial charge in [-0.05, 0) is 57.4 Å². The summed E-state index contributed by atoms with van der Waals surface area (Å²) in [5.41, 5.74) is 0.339. The van der Waals surface area contributed by atoms with Crippen LogP contribution in [0.2, 0.25) is 5.02 Å². The number of rotatable bonds is 3. The van der Waals surface area contributed by atoms with Gasteiger partial charge in [0.25, 0.3) is 5.91 Å². The van der Waals surface area contributed by atoms with Gasteiger partial charge in [-0.2, -0.15) is 0 Å². The number of halogens is 1. The third-order valence-electron chi connectivity index (χ3n) is 7.68. The maximum absolute atomic E-state index is 13.3. The summed E-state index contributed by atoms with van der Waals surface area (Å²) in [5.74, 6) is 0.174. The lowest BCUT2D eigenvalue weighted by molar-refractivity contribution is -0.134. The average Bonchev–Trinajstić information content (AvgIpc) is 2.92. The van der Waals surface area contributed by atoms with Crippen LogP contribution >= 0.6 is 11.6 Å². The zero-order chi connectivity index (χ0) is 27.7. The van der Waals surface area contributed by atoms with Gasteiger partial charge in [0.1, 0.15) is 11.8 Å². The van der Waals surface area contributed by atoms with Crippen molar-refractivity contribution < 1.29 is 19.1 Å². The summed E-state index contributed by atoms with van der Waals surface area (Å²) in [7, 11) is 3.39. The van der Waals surface area contributed by atoms with Crippen LogP contribution in [0.15, 0.2) is 18.2 Å². The quantitative estimate of drug-likeness (QED) is 0.577. The highest BCUT2D eigenvalue weighted by Crippen LogP contribution is 2.25. The number of likely N-dealkylation sites (N-methyl/N-ethyl adjacent to an activating group) is 3. The molecule has 9 nitrogen and oxygen atoms in total. The predicted molar refractivity (Wildman–Crippen MR) is 150 cm³/mol. The number of ether oxygens (including phenoxy) is 1. The first-order valence-electron chi connectivity index (χ1n) is 13.9. The van der Waals surface area contributed by atoms with Crippen molar-refractivity contribution in [1.82, 2.24) is 24.5 Å². The molecule has 1 saturated heterocycles. The van der Waals surface area contributed by atoms with Crippen LogP contribution in [0.4, 0.5) is 0 Å². The lowest BCUT2D eigenvalue weighted by Gasteiger charge is -2.35. The van der Waals surface area contributed by atoms with Crippen molar-refractivity contribution in [3.8, 4) is 5.75 Å². The largest absolute Gasteiger partial charge is 0.493 e. The molecule has 2 aliphatic heterocycles. The minimum absolute atomic E-state index is 0.131. The highest BCUT2D eigenvalue weighted by molar-refractivity contribution is 6.31. The fourth-order valence-corrected chi connectivity index (χ4v) is 5.08. The molecule has 1 fully saturated rings. The first-order valence-corrected chi connectivity index (χ1v) is 14.3. The first-order chi connectivity index (χ1) is 18.2. The molecule has 1 aromatic carbocycles. The third kappa shape index (κ3) is 8.32. The van der Waals surface area contributed by atoms with E-state index < -0.39 is 6.04 Å². The van der Waals surface area contributed by atoms with Crippen LogP contribution in [0.3, 0.4) is 0 Å². The standard InChI is InChI=1S/C28H44ClN5O4/c1-5-32-15-17-33(18-16-32)21-26(35)34-13-7-6-12-30(3)27(36)22(2)31(4)28(37)24-20-23(29)10-11-25(24)38-19-9-8-14-34/h10-11,20,22H,5-9,12-19,21H2,1-4H3/t22-/m0/s1. The second-order valence-corrected chi connectivity index (χ2v) is 10.8. The molecule has 10 heteroatoms. The summed E-state index contributed by atoms with van der Waals surface area (Å²) in [4.78, 5) is 49.3. The molecule has 38 heavy (non-hydrogen) atoms. The lowest BCUT2D eigenvalue weighted by atomic mass is 10.1. The number of amides is 3. The van der Waals surface area contributed by atoms with E-state index in [1.54, 1.807) is 44.1 Å². The maximum atomic E-state index is 13.3. The van der Waals surface area contributed by atoms with Crippen molar-refractivity contribution in [1.29, 1.82) is 0 Å². The Balaban J connectivity index is 1.69. The van der Waals surface area contributed by atoms with Crippen LogP contribution < -0.4 is 4.74 Å². The Morgan fingerprint density at radius 1 is 0.947 bits per heavy atom. The molecule has 0 radical (unpaired) electrons. The summed E-state index contributed by atoms with van der Waals surface area (Å²) in [5, 5.41) is 0.432. The Morgan fingerprint density at radius 3 is 2.26 bits per heavy atom. The third-order valence-corrected chi connectivity index (χ3v) is 7.92. The monoisotopic (exact) mass is 549 g/mol. The first kappa shape index (κ1) is 30.2. The number of piperazine rings is 1. The Labute approximate surface area is 232 Å². The number of carbonyl (C=O) groups is 3. The fourth-order valence-electron chi connectivity index (χ4n) is 4.91. The highest BCUT2D eigenvalue weighted by atomic mass is 35.5. The number of nitrogens with zero attached hydrogens (tertiary/aromatic N) is 5. The lowest BCUT2D eigenvalue weighted by Crippen LogP contribution is -2.50. The summed E-state index contributed by atoms with van der Waals surface area (Å²) >= 11 is 6.19. The molecular weight excluding hydrogens is 506 g/mol. The van der Waals surface area contributed by atoms with E-state index in [0.717, 1.165) is 58.4 Å². The van der Waals surface area contributed by atoms with Crippen LogP contribution in [0.25, 0.3) is 0 Å². The van der Waals surface area contributed by atoms with Crippen LogP contribution in [0, 0.1) is 0 Å². The number of carbonyl (C=O) groups excluding carboxylic acids is 3. The summed E-state index contributed by atoms with van der Waals surface area (Å²) in [6.07, 6.45) is 3.16. The Kier molecular flexibility index (Phi) is 11.7. The number of hydrogen-bond acceptors (Lipinski definition) is 6. The molecule has 0 unspecified atom stereocenters. The van der Waals surface area contributed by atoms with Crippen molar-refractivity contribution in [2.24, 2.45) is 0 Å². The summed E-state index contributed by atoms with van der Waals surface area (Å²) in [6, 6.07) is 4.34. The zero-order valence-corrected chi connectivity index (χ0v) is 24.2. The van der Waals surface area contributed by atoms with Crippen molar-refractivity contribution >= 4 is 29.3 Å². The molecule has 1 aromatic rings. The van der Waals surface area contributed by atoms with Gasteiger partial charge in [0, 0.05) is 64.9 Å². The predicted octanol–water partition coefficient (Wildman–Crippen LogP) is 2.68. The summed E-state index contributed by atoms with van der Waals surface area (Å²) in [6.45, 7) is 11.6. The van der Waals surface area contributed by atoms with E-state index in [-0.39, 0.29) is 17.7 Å². The van der Waals surface area contributed by atoms with Gasteiger partial charge in [-0.25, -0.2) is 0 Å². The molecule has 212 valence electrons. The fraction of sp³-hybridized carbons (Fsp3) is 0.679. The molecule has 0 N–H and O–H groups in total. The second-order valence-electron chi connectivity index (χ2n) is 10.3. The van der Waals surface area contributed by atoms with Gasteiger partial charge in [-0.3, -0.25) is 19.3 Å². The Morgan fingerprint density at radius 2 is 1.58 bits per heavy atom. The molecular formula is C28H44ClN5O4. The van der Waals surface area contributed by atoms with E-state index in [0.29, 0.717) is 49.1 Å². The van der Waals surface area contributed by atoms with Gasteiger partial charge in [-0.1, -0.05) is 18.5 Å². The van der Waals surface area contributed by atoms with Gasteiger partial charge in [-0.15, -0.1) is 0 Å². The second kappa shape index (κ2) is 14.7. The van der Waals surface area contributed by atoms with Gasteiger partial charge >= 0.3 is 0 Å². The minimum Gasteiger partial charge on any atom is -0.493 e. The molecule has 2 aliphatic rings. The molecule has 0 aliphatic carbocycles. The summed E-state index contributed by atoms with van der Waals surface area (Å²) < 4.78 is 5.99. The molecule has 0 aromatic heterocycles. The van der Waals surface area contributed by atoms with E-state index in [2.05, 4.69) is 16.7 Å². The van der Waals surface area contributed by atoms with Gasteiger partial charge in [0.2, 0.25) is 11.8 Å². The van der Waals surface area contributed by atoms with Crippen LogP contribution in [-0.4, -0.2) is 128 Å². The van der Waals surface area contributed by atoms with Crippen LogP contribution in [0.1, 0.15) is 49.9 Å². The van der Waals surface area contributed by atoms with Gasteiger partial charge in [0.15, 0.2) is 0 Å². The van der Waals surface area contributed by atoms with Gasteiger partial charge in [0.05, 0.1) is 18.7 Å². The van der Waals surface area contributed by atoms with E-state index in [1.165, 1.54) is 4.90 Å². The van der Waals surface area contributed by atoms with E-state index in [9.17, 15) is 14.4 Å². The number of fused-ring (bicyclic) bond motifs is 1. The zero-order valence-electron chi connectivity index (χ0n) is 23.5.